The molecular formula is C12H24N2O2. The van der Waals surface area contributed by atoms with Crippen molar-refractivity contribution in [3.63, 3.8) is 0 Å². The number of nitrogens with one attached hydrogen (secondary N) is 1. The molecule has 0 heterocycles. The van der Waals surface area contributed by atoms with Gasteiger partial charge in [0.15, 0.2) is 0 Å². The molecule has 0 radical (unpaired) electrons. The SMILES string of the molecule is CN(C)CCNCC1CCC(C(=O)O)CC1. The van der Waals surface area contributed by atoms with E-state index in [1.807, 2.05) is 0 Å². The van der Waals surface area contributed by atoms with E-state index in [-0.39, 0.29) is 5.92 Å². The number of carboxylic acid groups (broad SMARTS) is 1. The van der Waals surface area contributed by atoms with Gasteiger partial charge in [0.1, 0.15) is 0 Å². The molecular weight excluding hydrogens is 204 g/mol. The summed E-state index contributed by atoms with van der Waals surface area (Å²) in [6.45, 7) is 3.12. The number of rotatable bonds is 6. The Morgan fingerprint density at radius 2 is 1.94 bits per heavy atom. The Balaban J connectivity index is 2.06. The molecule has 0 saturated heterocycles. The Kier molecular flexibility index (Phi) is 5.77. The predicted octanol–water partition coefficient (Wildman–Crippen LogP) is 1.03. The van der Waals surface area contributed by atoms with Crippen LogP contribution in [0.1, 0.15) is 25.7 Å². The van der Waals surface area contributed by atoms with Gasteiger partial charge in [0, 0.05) is 13.1 Å². The average molecular weight is 228 g/mol. The van der Waals surface area contributed by atoms with Crippen molar-refractivity contribution < 1.29 is 9.90 Å². The molecule has 0 aromatic carbocycles. The van der Waals surface area contributed by atoms with E-state index in [9.17, 15) is 4.79 Å². The smallest absolute Gasteiger partial charge is 0.306 e. The number of hydrogen-bond donors (Lipinski definition) is 2. The molecule has 1 aliphatic carbocycles. The highest BCUT2D eigenvalue weighted by Gasteiger charge is 2.25. The van der Waals surface area contributed by atoms with E-state index in [0.29, 0.717) is 5.92 Å². The van der Waals surface area contributed by atoms with Gasteiger partial charge in [-0.15, -0.1) is 0 Å². The zero-order valence-corrected chi connectivity index (χ0v) is 10.4. The normalized spacial score (nSPS) is 25.9. The Hall–Kier alpha value is -0.610. The molecule has 1 saturated carbocycles. The van der Waals surface area contributed by atoms with E-state index < -0.39 is 5.97 Å². The van der Waals surface area contributed by atoms with Gasteiger partial charge in [0.2, 0.25) is 0 Å². The van der Waals surface area contributed by atoms with Crippen molar-refractivity contribution in [3.05, 3.63) is 0 Å². The fourth-order valence-corrected chi connectivity index (χ4v) is 2.22. The van der Waals surface area contributed by atoms with E-state index in [1.165, 1.54) is 0 Å². The van der Waals surface area contributed by atoms with Crippen LogP contribution in [0.5, 0.6) is 0 Å². The van der Waals surface area contributed by atoms with E-state index in [1.54, 1.807) is 0 Å². The monoisotopic (exact) mass is 228 g/mol. The fraction of sp³-hybridized carbons (Fsp3) is 0.917. The number of carbonyl (C=O) groups is 1. The molecule has 0 aromatic heterocycles. The molecule has 16 heavy (non-hydrogen) atoms. The van der Waals surface area contributed by atoms with Crippen molar-refractivity contribution in [2.24, 2.45) is 11.8 Å². The Morgan fingerprint density at radius 1 is 1.31 bits per heavy atom. The molecule has 0 aliphatic heterocycles. The fourth-order valence-electron chi connectivity index (χ4n) is 2.22. The maximum atomic E-state index is 10.8. The van der Waals surface area contributed by atoms with Gasteiger partial charge in [-0.25, -0.2) is 0 Å². The third-order valence-electron chi connectivity index (χ3n) is 3.36. The summed E-state index contributed by atoms with van der Waals surface area (Å²) in [4.78, 5) is 12.9. The lowest BCUT2D eigenvalue weighted by molar-refractivity contribution is -0.143. The minimum Gasteiger partial charge on any atom is -0.481 e. The molecule has 1 fully saturated rings. The summed E-state index contributed by atoms with van der Waals surface area (Å²) in [6, 6.07) is 0. The maximum Gasteiger partial charge on any atom is 0.306 e. The molecule has 4 nitrogen and oxygen atoms in total. The first-order valence-electron chi connectivity index (χ1n) is 6.18. The van der Waals surface area contributed by atoms with Crippen LogP contribution in [0.3, 0.4) is 0 Å². The first-order chi connectivity index (χ1) is 7.59. The lowest BCUT2D eigenvalue weighted by Gasteiger charge is -2.26. The van der Waals surface area contributed by atoms with Crippen LogP contribution in [0.2, 0.25) is 0 Å². The lowest BCUT2D eigenvalue weighted by Crippen LogP contribution is -2.32. The van der Waals surface area contributed by atoms with Gasteiger partial charge in [-0.2, -0.15) is 0 Å². The number of carboxylic acids is 1. The minimum absolute atomic E-state index is 0.0852. The molecule has 0 atom stereocenters. The van der Waals surface area contributed by atoms with Gasteiger partial charge < -0.3 is 15.3 Å². The first kappa shape index (κ1) is 13.5. The molecule has 4 heteroatoms. The average Bonchev–Trinajstić information content (AvgIpc) is 2.25. The molecule has 1 rings (SSSR count). The summed E-state index contributed by atoms with van der Waals surface area (Å²) in [5.74, 6) is -0.0187. The molecule has 0 spiro atoms. The summed E-state index contributed by atoms with van der Waals surface area (Å²) < 4.78 is 0. The Bertz CT molecular complexity index is 211. The number of aliphatic carboxylic acids is 1. The summed E-state index contributed by atoms with van der Waals surface area (Å²) in [7, 11) is 4.14. The van der Waals surface area contributed by atoms with Crippen LogP contribution in [0.15, 0.2) is 0 Å². The highest BCUT2D eigenvalue weighted by Crippen LogP contribution is 2.28. The predicted molar refractivity (Wildman–Crippen MR) is 64.5 cm³/mol. The van der Waals surface area contributed by atoms with E-state index in [0.717, 1.165) is 45.3 Å². The molecule has 0 amide bonds. The van der Waals surface area contributed by atoms with Crippen LogP contribution in [0.4, 0.5) is 0 Å². The largest absolute Gasteiger partial charge is 0.481 e. The summed E-state index contributed by atoms with van der Waals surface area (Å²) in [5.41, 5.74) is 0. The van der Waals surface area contributed by atoms with Crippen molar-refractivity contribution in [2.45, 2.75) is 25.7 Å². The van der Waals surface area contributed by atoms with Gasteiger partial charge in [0.05, 0.1) is 5.92 Å². The van der Waals surface area contributed by atoms with Crippen LogP contribution >= 0.6 is 0 Å². The second-order valence-corrected chi connectivity index (χ2v) is 5.06. The molecule has 0 unspecified atom stereocenters. The number of likely N-dealkylation sites (N-methyl/N-ethyl adjacent to an activating group) is 1. The van der Waals surface area contributed by atoms with Crippen molar-refractivity contribution >= 4 is 5.97 Å². The van der Waals surface area contributed by atoms with Crippen LogP contribution < -0.4 is 5.32 Å². The van der Waals surface area contributed by atoms with E-state index in [2.05, 4.69) is 24.3 Å². The maximum absolute atomic E-state index is 10.8. The topological polar surface area (TPSA) is 52.6 Å². The number of hydrogen-bond acceptors (Lipinski definition) is 3. The minimum atomic E-state index is -0.612. The second kappa shape index (κ2) is 6.86. The van der Waals surface area contributed by atoms with Gasteiger partial charge >= 0.3 is 5.97 Å². The molecule has 0 aromatic rings. The van der Waals surface area contributed by atoms with Crippen molar-refractivity contribution in [1.82, 2.24) is 10.2 Å². The van der Waals surface area contributed by atoms with Gasteiger partial charge in [0.25, 0.3) is 0 Å². The standard InChI is InChI=1S/C12H24N2O2/c1-14(2)8-7-13-9-10-3-5-11(6-4-10)12(15)16/h10-11,13H,3-9H2,1-2H3,(H,15,16). The highest BCUT2D eigenvalue weighted by atomic mass is 16.4. The first-order valence-corrected chi connectivity index (χ1v) is 6.18. The van der Waals surface area contributed by atoms with Gasteiger partial charge in [-0.1, -0.05) is 0 Å². The van der Waals surface area contributed by atoms with Crippen LogP contribution in [-0.4, -0.2) is 49.7 Å². The third-order valence-corrected chi connectivity index (χ3v) is 3.36. The van der Waals surface area contributed by atoms with Gasteiger partial charge in [-0.3, -0.25) is 4.79 Å². The third kappa shape index (κ3) is 4.94. The molecule has 0 bridgehead atoms. The van der Waals surface area contributed by atoms with Gasteiger partial charge in [-0.05, 0) is 52.2 Å². The Labute approximate surface area is 98.0 Å². The quantitative estimate of drug-likeness (QED) is 0.667. The van der Waals surface area contributed by atoms with E-state index in [4.69, 9.17) is 5.11 Å². The van der Waals surface area contributed by atoms with Crippen molar-refractivity contribution in [2.75, 3.05) is 33.7 Å². The van der Waals surface area contributed by atoms with Crippen LogP contribution in [0, 0.1) is 11.8 Å². The summed E-state index contributed by atoms with van der Waals surface area (Å²) in [6.07, 6.45) is 3.84. The van der Waals surface area contributed by atoms with Crippen molar-refractivity contribution in [3.8, 4) is 0 Å². The lowest BCUT2D eigenvalue weighted by atomic mass is 9.82. The molecule has 94 valence electrons. The molecule has 1 aliphatic rings. The van der Waals surface area contributed by atoms with E-state index >= 15 is 0 Å². The Morgan fingerprint density at radius 3 is 2.44 bits per heavy atom. The summed E-state index contributed by atoms with van der Waals surface area (Å²) >= 11 is 0. The summed E-state index contributed by atoms with van der Waals surface area (Å²) in [5, 5.41) is 12.3. The second-order valence-electron chi connectivity index (χ2n) is 5.06. The molecule has 2 N–H and O–H groups in total. The van der Waals surface area contributed by atoms with Crippen molar-refractivity contribution in [1.29, 1.82) is 0 Å². The highest BCUT2D eigenvalue weighted by molar-refractivity contribution is 5.69. The van der Waals surface area contributed by atoms with Crippen LogP contribution in [0.25, 0.3) is 0 Å². The zero-order chi connectivity index (χ0) is 12.0. The number of nitrogens with zero attached hydrogens (tertiary/aromatic N) is 1. The zero-order valence-electron chi connectivity index (χ0n) is 10.4. The van der Waals surface area contributed by atoms with Crippen LogP contribution in [-0.2, 0) is 4.79 Å².